The van der Waals surface area contributed by atoms with E-state index >= 15 is 0 Å². The van der Waals surface area contributed by atoms with Crippen LogP contribution in [0.15, 0.2) is 24.3 Å². The van der Waals surface area contributed by atoms with Gasteiger partial charge in [-0.3, -0.25) is 0 Å². The predicted molar refractivity (Wildman–Crippen MR) is 93.5 cm³/mol. The maximum absolute atomic E-state index is 11.2. The molecule has 1 aromatic carbocycles. The molecule has 0 radical (unpaired) electrons. The van der Waals surface area contributed by atoms with Crippen LogP contribution in [0, 0.1) is 5.41 Å². The Morgan fingerprint density at radius 1 is 1.35 bits per heavy atom. The molecule has 1 aliphatic heterocycles. The van der Waals surface area contributed by atoms with Gasteiger partial charge in [0.1, 0.15) is 12.2 Å². The molecule has 0 aromatic heterocycles. The van der Waals surface area contributed by atoms with Crippen LogP contribution in [0.3, 0.4) is 0 Å². The third-order valence-corrected chi connectivity index (χ3v) is 5.55. The molecule has 1 heterocycles. The Labute approximate surface area is 140 Å². The third-order valence-electron chi connectivity index (χ3n) is 4.65. The fraction of sp³-hybridized carbons (Fsp3) is 0.611. The van der Waals surface area contributed by atoms with Crippen molar-refractivity contribution in [2.24, 2.45) is 5.41 Å². The van der Waals surface area contributed by atoms with Gasteiger partial charge in [0.2, 0.25) is 0 Å². The molecule has 2 rings (SSSR count). The van der Waals surface area contributed by atoms with Crippen molar-refractivity contribution in [1.29, 1.82) is 0 Å². The molecule has 128 valence electrons. The summed E-state index contributed by atoms with van der Waals surface area (Å²) in [7, 11) is -1.25. The quantitative estimate of drug-likeness (QED) is 0.629. The van der Waals surface area contributed by atoms with E-state index in [4.69, 9.17) is 9.16 Å². The minimum Gasteiger partial charge on any atom is -0.478 e. The molecule has 1 aliphatic rings. The van der Waals surface area contributed by atoms with Crippen LogP contribution in [-0.4, -0.2) is 31.8 Å². The van der Waals surface area contributed by atoms with E-state index in [2.05, 4.69) is 40.8 Å². The maximum atomic E-state index is 11.2. The number of hydrogen-bond donors (Lipinski definition) is 1. The van der Waals surface area contributed by atoms with E-state index in [-0.39, 0.29) is 23.2 Å². The minimum atomic E-state index is -1.25. The highest BCUT2D eigenvalue weighted by Crippen LogP contribution is 2.54. The second kappa shape index (κ2) is 6.38. The fourth-order valence-corrected chi connectivity index (χ4v) is 4.97. The molecule has 1 fully saturated rings. The number of hydrogen-bond acceptors (Lipinski definition) is 3. The number of carbonyl (C=O) groups is 1. The summed E-state index contributed by atoms with van der Waals surface area (Å²) in [5.74, 6) is -0.910. The molecule has 0 amide bonds. The second-order valence-electron chi connectivity index (χ2n) is 7.57. The zero-order valence-electron chi connectivity index (χ0n) is 14.9. The van der Waals surface area contributed by atoms with Crippen molar-refractivity contribution in [2.75, 3.05) is 0 Å². The van der Waals surface area contributed by atoms with Gasteiger partial charge in [-0.25, -0.2) is 4.79 Å². The highest BCUT2D eigenvalue weighted by atomic mass is 28.3. The van der Waals surface area contributed by atoms with Gasteiger partial charge in [-0.2, -0.15) is 0 Å². The largest absolute Gasteiger partial charge is 0.478 e. The smallest absolute Gasteiger partial charge is 0.335 e. The molecule has 1 N–H and O–H groups in total. The molecule has 4 nitrogen and oxygen atoms in total. The average molecular weight is 337 g/mol. The van der Waals surface area contributed by atoms with E-state index in [1.54, 1.807) is 18.2 Å². The van der Waals surface area contributed by atoms with Gasteiger partial charge in [-0.1, -0.05) is 39.8 Å². The van der Waals surface area contributed by atoms with Crippen LogP contribution in [0.25, 0.3) is 0 Å². The Morgan fingerprint density at radius 2 is 2.00 bits per heavy atom. The SMILES string of the molecule is CCC(O[SiH](C)C)(C1OC1c1cccc(C(=O)O)c1)C(C)(C)C. The molecule has 0 spiro atoms. The van der Waals surface area contributed by atoms with Crippen LogP contribution in [0.4, 0.5) is 0 Å². The van der Waals surface area contributed by atoms with Gasteiger partial charge in [-0.15, -0.1) is 0 Å². The van der Waals surface area contributed by atoms with E-state index in [0.717, 1.165) is 12.0 Å². The summed E-state index contributed by atoms with van der Waals surface area (Å²) in [6.45, 7) is 13.1. The summed E-state index contributed by atoms with van der Waals surface area (Å²) in [5, 5.41) is 9.17. The summed E-state index contributed by atoms with van der Waals surface area (Å²) < 4.78 is 12.5. The molecular weight excluding hydrogens is 308 g/mol. The normalized spacial score (nSPS) is 23.6. The van der Waals surface area contributed by atoms with Crippen molar-refractivity contribution in [3.8, 4) is 0 Å². The Bertz CT molecular complexity index is 579. The van der Waals surface area contributed by atoms with Gasteiger partial charge >= 0.3 is 5.97 Å². The summed E-state index contributed by atoms with van der Waals surface area (Å²) in [4.78, 5) is 11.2. The van der Waals surface area contributed by atoms with Gasteiger partial charge in [0.15, 0.2) is 9.04 Å². The number of epoxide rings is 1. The topological polar surface area (TPSA) is 59.1 Å². The Balaban J connectivity index is 2.31. The van der Waals surface area contributed by atoms with Crippen LogP contribution in [0.1, 0.15) is 56.1 Å². The highest BCUT2D eigenvalue weighted by molar-refractivity contribution is 6.48. The van der Waals surface area contributed by atoms with Gasteiger partial charge in [-0.05, 0) is 42.6 Å². The Hall–Kier alpha value is -1.17. The van der Waals surface area contributed by atoms with Gasteiger partial charge in [0, 0.05) is 0 Å². The molecule has 1 saturated heterocycles. The van der Waals surface area contributed by atoms with Crippen molar-refractivity contribution in [3.05, 3.63) is 35.4 Å². The van der Waals surface area contributed by atoms with E-state index in [1.807, 2.05) is 6.07 Å². The van der Waals surface area contributed by atoms with Crippen molar-refractivity contribution < 1.29 is 19.1 Å². The Morgan fingerprint density at radius 3 is 2.48 bits per heavy atom. The summed E-state index contributed by atoms with van der Waals surface area (Å²) in [5.41, 5.74) is 0.833. The zero-order valence-corrected chi connectivity index (χ0v) is 16.1. The summed E-state index contributed by atoms with van der Waals surface area (Å²) in [6.07, 6.45) is 0.772. The number of carboxylic acids is 1. The first-order valence-corrected chi connectivity index (χ1v) is 11.1. The molecule has 3 atom stereocenters. The molecular formula is C18H28O4Si. The molecule has 0 aliphatic carbocycles. The lowest BCUT2D eigenvalue weighted by Crippen LogP contribution is -2.52. The second-order valence-corrected chi connectivity index (χ2v) is 9.90. The van der Waals surface area contributed by atoms with E-state index in [0.29, 0.717) is 5.56 Å². The molecule has 3 unspecified atom stereocenters. The van der Waals surface area contributed by atoms with Gasteiger partial charge < -0.3 is 14.3 Å². The number of carboxylic acid groups (broad SMARTS) is 1. The zero-order chi connectivity index (χ0) is 17.4. The number of benzene rings is 1. The molecule has 5 heteroatoms. The third kappa shape index (κ3) is 3.52. The first kappa shape index (κ1) is 18.2. The van der Waals surface area contributed by atoms with Gasteiger partial charge in [0.25, 0.3) is 0 Å². The van der Waals surface area contributed by atoms with Crippen LogP contribution in [0.5, 0.6) is 0 Å². The average Bonchev–Trinajstić information content (AvgIpc) is 3.24. The van der Waals surface area contributed by atoms with Gasteiger partial charge in [0.05, 0.1) is 11.2 Å². The number of ether oxygens (including phenoxy) is 1. The van der Waals surface area contributed by atoms with Crippen LogP contribution < -0.4 is 0 Å². The van der Waals surface area contributed by atoms with Crippen molar-refractivity contribution in [3.63, 3.8) is 0 Å². The maximum Gasteiger partial charge on any atom is 0.335 e. The monoisotopic (exact) mass is 336 g/mol. The van der Waals surface area contributed by atoms with Crippen molar-refractivity contribution in [1.82, 2.24) is 0 Å². The lowest BCUT2D eigenvalue weighted by Gasteiger charge is -2.45. The standard InChI is InChI=1S/C18H28O4Si/c1-7-18(17(2,3)4,22-23(5)6)15-14(21-15)12-9-8-10-13(11-12)16(19)20/h8-11,14-15,23H,7H2,1-6H3,(H,19,20). The van der Waals surface area contributed by atoms with Crippen molar-refractivity contribution >= 4 is 15.0 Å². The van der Waals surface area contributed by atoms with Crippen LogP contribution in [-0.2, 0) is 9.16 Å². The van der Waals surface area contributed by atoms with E-state index < -0.39 is 15.0 Å². The van der Waals surface area contributed by atoms with Crippen LogP contribution in [0.2, 0.25) is 13.1 Å². The molecule has 1 aromatic rings. The first-order chi connectivity index (χ1) is 10.6. The summed E-state index contributed by atoms with van der Waals surface area (Å²) >= 11 is 0. The first-order valence-electron chi connectivity index (χ1n) is 8.29. The lowest BCUT2D eigenvalue weighted by molar-refractivity contribution is -0.0600. The molecule has 0 bridgehead atoms. The van der Waals surface area contributed by atoms with Crippen LogP contribution >= 0.6 is 0 Å². The molecule has 23 heavy (non-hydrogen) atoms. The Kier molecular flexibility index (Phi) is 5.04. The van der Waals surface area contributed by atoms with E-state index in [9.17, 15) is 9.90 Å². The van der Waals surface area contributed by atoms with Crippen molar-refractivity contribution in [2.45, 2.75) is 65.0 Å². The lowest BCUT2D eigenvalue weighted by atomic mass is 9.71. The minimum absolute atomic E-state index is 0.0218. The summed E-state index contributed by atoms with van der Waals surface area (Å²) in [6, 6.07) is 7.04. The van der Waals surface area contributed by atoms with E-state index in [1.165, 1.54) is 0 Å². The number of rotatable bonds is 6. The fourth-order valence-electron chi connectivity index (χ4n) is 3.48. The predicted octanol–water partition coefficient (Wildman–Crippen LogP) is 4.02. The number of aromatic carboxylic acids is 1. The molecule has 0 saturated carbocycles. The highest BCUT2D eigenvalue weighted by Gasteiger charge is 2.60.